The van der Waals surface area contributed by atoms with Gasteiger partial charge in [0, 0.05) is 37.5 Å². The Balaban J connectivity index is 1.32. The molecule has 9 heteroatoms. The van der Waals surface area contributed by atoms with Crippen LogP contribution in [0.3, 0.4) is 0 Å². The number of hydrogen-bond acceptors (Lipinski definition) is 8. The average Bonchev–Trinajstić information content (AvgIpc) is 3.30. The molecule has 1 aliphatic carbocycles. The largest absolute Gasteiger partial charge is 0.481 e. The van der Waals surface area contributed by atoms with E-state index in [1.807, 2.05) is 36.4 Å². The number of aliphatic hydroxyl groups excluding tert-OH is 1. The number of para-hydroxylation sites is 1. The quantitative estimate of drug-likeness (QED) is 0.229. The van der Waals surface area contributed by atoms with Crippen LogP contribution in [0.25, 0.3) is 0 Å². The van der Waals surface area contributed by atoms with Crippen LogP contribution in [0.1, 0.15) is 76.2 Å². The van der Waals surface area contributed by atoms with Crippen molar-refractivity contribution in [1.82, 2.24) is 0 Å². The first kappa shape index (κ1) is 31.2. The minimum Gasteiger partial charge on any atom is -0.481 e. The molecule has 1 aromatic carbocycles. The Morgan fingerprint density at radius 1 is 1.02 bits per heavy atom. The van der Waals surface area contributed by atoms with Gasteiger partial charge in [-0.05, 0) is 69.8 Å². The van der Waals surface area contributed by atoms with Crippen LogP contribution in [-0.2, 0) is 35.1 Å². The number of carbonyl (C=O) groups is 1. The molecule has 9 nitrogen and oxygen atoms in total. The summed E-state index contributed by atoms with van der Waals surface area (Å²) in [6, 6.07) is 7.86. The summed E-state index contributed by atoms with van der Waals surface area (Å²) < 4.78 is 37.1. The van der Waals surface area contributed by atoms with Gasteiger partial charge >= 0.3 is 5.97 Å². The third-order valence-corrected chi connectivity index (χ3v) is 8.55. The third-order valence-electron chi connectivity index (χ3n) is 8.55. The van der Waals surface area contributed by atoms with Crippen molar-refractivity contribution in [3.8, 4) is 5.75 Å². The van der Waals surface area contributed by atoms with Crippen molar-refractivity contribution in [2.24, 2.45) is 11.8 Å². The molecule has 1 saturated carbocycles. The summed E-state index contributed by atoms with van der Waals surface area (Å²) in [5.41, 5.74) is 1.00. The molecule has 0 aromatic heterocycles. The van der Waals surface area contributed by atoms with Gasteiger partial charge in [-0.15, -0.1) is 0 Å². The number of aliphatic hydroxyl groups is 1. The molecule has 3 heterocycles. The zero-order valence-electron chi connectivity index (χ0n) is 24.4. The Morgan fingerprint density at radius 3 is 2.57 bits per heavy atom. The Bertz CT molecular complexity index is 1030. The lowest BCUT2D eigenvalue weighted by Gasteiger charge is -2.34. The number of fused-ring (bicyclic) bond motifs is 1. The van der Waals surface area contributed by atoms with E-state index in [2.05, 4.69) is 12.2 Å². The Kier molecular flexibility index (Phi) is 11.9. The highest BCUT2D eigenvalue weighted by Crippen LogP contribution is 2.40. The number of carboxylic acids is 1. The molecule has 0 bridgehead atoms. The van der Waals surface area contributed by atoms with Gasteiger partial charge in [0.1, 0.15) is 11.9 Å². The maximum atomic E-state index is 11.2. The van der Waals surface area contributed by atoms with E-state index in [0.29, 0.717) is 45.5 Å². The Morgan fingerprint density at radius 2 is 1.81 bits per heavy atom. The summed E-state index contributed by atoms with van der Waals surface area (Å²) in [7, 11) is 0. The van der Waals surface area contributed by atoms with Gasteiger partial charge in [-0.25, -0.2) is 0 Å². The van der Waals surface area contributed by atoms with Crippen molar-refractivity contribution in [2.45, 2.75) is 114 Å². The second-order valence-electron chi connectivity index (χ2n) is 11.7. The molecule has 2 saturated heterocycles. The highest BCUT2D eigenvalue weighted by molar-refractivity contribution is 5.66. The molecule has 42 heavy (non-hydrogen) atoms. The number of benzene rings is 1. The summed E-state index contributed by atoms with van der Waals surface area (Å²) in [6.45, 7) is 1.80. The van der Waals surface area contributed by atoms with Crippen molar-refractivity contribution < 1.29 is 43.4 Å². The summed E-state index contributed by atoms with van der Waals surface area (Å²) in [4.78, 5) is 10.8. The van der Waals surface area contributed by atoms with E-state index >= 15 is 0 Å². The molecule has 232 valence electrons. The van der Waals surface area contributed by atoms with Crippen LogP contribution in [0.2, 0.25) is 0 Å². The molecule has 2 N–H and O–H groups in total. The van der Waals surface area contributed by atoms with E-state index in [4.69, 9.17) is 33.5 Å². The lowest BCUT2D eigenvalue weighted by atomic mass is 9.89. The molecule has 8 atom stereocenters. The standard InChI is InChI=1S/C33H46O9/c34-26-21-29(41-32-16-8-10-20-38-32)25(24(26)12-3-1-2-4-14-30(35)36)17-18-28(40-31-15-7-9-19-37-31)33-39-22-23-11-5-6-13-27(23)42-33/h1,3,5-6,11,13,17-18,24-26,28-29,31-34H,2,4,7-10,12,14-16,19-22H2,(H,35,36)/t24-,25-,26+,28+,29-,31?,32?,33?/m1/s1. The number of unbranched alkanes of at least 4 members (excludes halogenated alkanes) is 1. The molecule has 1 aromatic rings. The van der Waals surface area contributed by atoms with E-state index in [9.17, 15) is 9.90 Å². The van der Waals surface area contributed by atoms with Crippen LogP contribution in [0.4, 0.5) is 0 Å². The van der Waals surface area contributed by atoms with Crippen molar-refractivity contribution in [3.05, 3.63) is 54.1 Å². The summed E-state index contributed by atoms with van der Waals surface area (Å²) in [5.74, 6) is -0.137. The van der Waals surface area contributed by atoms with Gasteiger partial charge in [0.2, 0.25) is 6.29 Å². The molecule has 4 aliphatic rings. The molecule has 0 spiro atoms. The monoisotopic (exact) mass is 586 g/mol. The highest BCUT2D eigenvalue weighted by Gasteiger charge is 2.43. The minimum atomic E-state index is -0.783. The molecule has 0 amide bonds. The van der Waals surface area contributed by atoms with E-state index in [1.54, 1.807) is 0 Å². The van der Waals surface area contributed by atoms with Crippen LogP contribution < -0.4 is 4.74 Å². The van der Waals surface area contributed by atoms with Crippen molar-refractivity contribution >= 4 is 5.97 Å². The zero-order chi connectivity index (χ0) is 29.1. The maximum Gasteiger partial charge on any atom is 0.303 e. The van der Waals surface area contributed by atoms with E-state index in [1.165, 1.54) is 0 Å². The smallest absolute Gasteiger partial charge is 0.303 e. The van der Waals surface area contributed by atoms with E-state index in [-0.39, 0.29) is 36.9 Å². The second-order valence-corrected chi connectivity index (χ2v) is 11.7. The lowest BCUT2D eigenvalue weighted by molar-refractivity contribution is -0.236. The Labute approximate surface area is 248 Å². The number of hydrogen-bond donors (Lipinski definition) is 2. The minimum absolute atomic E-state index is 0.0638. The molecule has 3 fully saturated rings. The fourth-order valence-electron chi connectivity index (χ4n) is 6.25. The van der Waals surface area contributed by atoms with E-state index < -0.39 is 24.5 Å². The first-order chi connectivity index (χ1) is 20.6. The van der Waals surface area contributed by atoms with Gasteiger partial charge in [0.15, 0.2) is 12.6 Å². The van der Waals surface area contributed by atoms with Crippen LogP contribution in [-0.4, -0.2) is 66.6 Å². The lowest BCUT2D eigenvalue weighted by Crippen LogP contribution is -2.41. The van der Waals surface area contributed by atoms with Gasteiger partial charge in [-0.2, -0.15) is 0 Å². The van der Waals surface area contributed by atoms with Gasteiger partial charge < -0.3 is 38.6 Å². The zero-order valence-corrected chi connectivity index (χ0v) is 24.4. The summed E-state index contributed by atoms with van der Waals surface area (Å²) >= 11 is 0. The topological polar surface area (TPSA) is 113 Å². The fourth-order valence-corrected chi connectivity index (χ4v) is 6.25. The summed E-state index contributed by atoms with van der Waals surface area (Å²) in [5, 5.41) is 20.1. The third kappa shape index (κ3) is 8.88. The van der Waals surface area contributed by atoms with Gasteiger partial charge in [0.05, 0.1) is 18.8 Å². The maximum absolute atomic E-state index is 11.2. The van der Waals surface area contributed by atoms with Crippen LogP contribution in [0.15, 0.2) is 48.6 Å². The number of ether oxygens (including phenoxy) is 6. The Hall–Kier alpha value is -2.27. The van der Waals surface area contributed by atoms with Gasteiger partial charge in [-0.3, -0.25) is 4.79 Å². The van der Waals surface area contributed by atoms with Crippen LogP contribution in [0, 0.1) is 11.8 Å². The summed E-state index contributed by atoms with van der Waals surface area (Å²) in [6.07, 6.45) is 14.2. The first-order valence-corrected chi connectivity index (χ1v) is 15.7. The van der Waals surface area contributed by atoms with Gasteiger partial charge in [0.25, 0.3) is 0 Å². The predicted octanol–water partition coefficient (Wildman–Crippen LogP) is 5.50. The average molecular weight is 587 g/mol. The van der Waals surface area contributed by atoms with Crippen molar-refractivity contribution in [2.75, 3.05) is 13.2 Å². The molecule has 3 unspecified atom stereocenters. The van der Waals surface area contributed by atoms with Crippen molar-refractivity contribution in [3.63, 3.8) is 0 Å². The predicted molar refractivity (Wildman–Crippen MR) is 155 cm³/mol. The highest BCUT2D eigenvalue weighted by atomic mass is 16.7. The molecular formula is C33H46O9. The number of carboxylic acid groups (broad SMARTS) is 1. The first-order valence-electron chi connectivity index (χ1n) is 15.7. The normalized spacial score (nSPS) is 32.5. The molecular weight excluding hydrogens is 540 g/mol. The fraction of sp³-hybridized carbons (Fsp3) is 0.667. The molecule has 3 aliphatic heterocycles. The SMILES string of the molecule is O=C(O)CCCC=CC[C@@H]1[C@@H](C=C[C@H](OC2CCCCO2)C2OCc3ccccc3O2)[C@H](OC2CCCCO2)C[C@@H]1O. The second kappa shape index (κ2) is 16.0. The number of aliphatic carboxylic acids is 1. The van der Waals surface area contributed by atoms with Crippen LogP contribution in [0.5, 0.6) is 5.75 Å². The number of allylic oxidation sites excluding steroid dienone is 2. The molecule has 0 radical (unpaired) electrons. The van der Waals surface area contributed by atoms with Gasteiger partial charge in [-0.1, -0.05) is 42.5 Å². The van der Waals surface area contributed by atoms with E-state index in [0.717, 1.165) is 49.8 Å². The van der Waals surface area contributed by atoms with Crippen LogP contribution >= 0.6 is 0 Å². The van der Waals surface area contributed by atoms with Crippen molar-refractivity contribution in [1.29, 1.82) is 0 Å². The number of rotatable bonds is 13. The molecule has 5 rings (SSSR count).